The molecule has 0 saturated carbocycles. The van der Waals surface area contributed by atoms with Crippen LogP contribution in [0.15, 0.2) is 41.1 Å². The molecule has 7 nitrogen and oxygen atoms in total. The average molecular weight is 460 g/mol. The lowest BCUT2D eigenvalue weighted by molar-refractivity contribution is -0.154. The molecule has 1 aromatic carbocycles. The van der Waals surface area contributed by atoms with Crippen LogP contribution < -0.4 is 10.1 Å². The Bertz CT molecular complexity index is 1090. The molecule has 1 N–H and O–H groups in total. The number of hydrogen-bond acceptors (Lipinski definition) is 6. The summed E-state index contributed by atoms with van der Waals surface area (Å²) in [6.07, 6.45) is -8.42. The highest BCUT2D eigenvalue weighted by atomic mass is 19.4. The number of halogens is 6. The fourth-order valence-corrected chi connectivity index (χ4v) is 2.48. The van der Waals surface area contributed by atoms with Gasteiger partial charge in [-0.15, -0.1) is 0 Å². The SMILES string of the molecule is Cc1ccc(-c2cc(C(=O)NCc3nc(C(F)(F)F)no3)cnc2OCC(F)(F)F)cc1. The molecule has 0 aliphatic carbocycles. The van der Waals surface area contributed by atoms with Gasteiger partial charge in [-0.3, -0.25) is 4.79 Å². The number of aryl methyl sites for hydroxylation is 1. The van der Waals surface area contributed by atoms with E-state index in [1.165, 1.54) is 6.07 Å². The highest BCUT2D eigenvalue weighted by Crippen LogP contribution is 2.31. The number of benzene rings is 1. The molecule has 0 aliphatic heterocycles. The number of aromatic nitrogens is 3. The lowest BCUT2D eigenvalue weighted by atomic mass is 10.0. The van der Waals surface area contributed by atoms with Crippen molar-refractivity contribution in [2.24, 2.45) is 0 Å². The molecule has 0 atom stereocenters. The van der Waals surface area contributed by atoms with Crippen LogP contribution in [0.4, 0.5) is 26.3 Å². The van der Waals surface area contributed by atoms with E-state index in [-0.39, 0.29) is 17.0 Å². The highest BCUT2D eigenvalue weighted by Gasteiger charge is 2.37. The molecule has 3 aromatic rings. The molecule has 32 heavy (non-hydrogen) atoms. The Balaban J connectivity index is 1.81. The molecule has 2 heterocycles. The number of alkyl halides is 6. The van der Waals surface area contributed by atoms with Crippen molar-refractivity contribution >= 4 is 5.91 Å². The Morgan fingerprint density at radius 2 is 1.81 bits per heavy atom. The predicted octanol–water partition coefficient (Wildman–Crippen LogP) is 4.33. The molecule has 2 aromatic heterocycles. The van der Waals surface area contributed by atoms with Crippen LogP contribution in [0.1, 0.15) is 27.6 Å². The number of nitrogens with one attached hydrogen (secondary N) is 1. The topological polar surface area (TPSA) is 90.1 Å². The quantitative estimate of drug-likeness (QED) is 0.551. The van der Waals surface area contributed by atoms with Crippen LogP contribution in [0.3, 0.4) is 0 Å². The second-order valence-corrected chi connectivity index (χ2v) is 6.54. The molecule has 0 unspecified atom stereocenters. The van der Waals surface area contributed by atoms with Gasteiger partial charge in [0.2, 0.25) is 11.8 Å². The first-order valence-corrected chi connectivity index (χ1v) is 8.87. The van der Waals surface area contributed by atoms with Crippen molar-refractivity contribution in [2.75, 3.05) is 6.61 Å². The number of carbonyl (C=O) groups is 1. The van der Waals surface area contributed by atoms with E-state index in [4.69, 9.17) is 4.74 Å². The van der Waals surface area contributed by atoms with E-state index in [2.05, 4.69) is 25.0 Å². The van der Waals surface area contributed by atoms with Crippen LogP contribution >= 0.6 is 0 Å². The van der Waals surface area contributed by atoms with Crippen molar-refractivity contribution in [1.82, 2.24) is 20.4 Å². The molecule has 3 rings (SSSR count). The zero-order valence-corrected chi connectivity index (χ0v) is 16.2. The maximum Gasteiger partial charge on any atom is 0.455 e. The minimum atomic E-state index is -4.80. The largest absolute Gasteiger partial charge is 0.468 e. The van der Waals surface area contributed by atoms with Crippen LogP contribution in [0, 0.1) is 6.92 Å². The lowest BCUT2D eigenvalue weighted by Gasteiger charge is -2.14. The first-order valence-electron chi connectivity index (χ1n) is 8.87. The van der Waals surface area contributed by atoms with E-state index in [0.717, 1.165) is 11.8 Å². The average Bonchev–Trinajstić information content (AvgIpc) is 3.20. The third-order valence-electron chi connectivity index (χ3n) is 3.97. The van der Waals surface area contributed by atoms with Crippen molar-refractivity contribution in [3.8, 4) is 17.0 Å². The summed E-state index contributed by atoms with van der Waals surface area (Å²) >= 11 is 0. The predicted molar refractivity (Wildman–Crippen MR) is 96.4 cm³/mol. The van der Waals surface area contributed by atoms with Gasteiger partial charge in [0.1, 0.15) is 0 Å². The van der Waals surface area contributed by atoms with Crippen molar-refractivity contribution in [2.45, 2.75) is 25.8 Å². The second-order valence-electron chi connectivity index (χ2n) is 6.54. The number of amides is 1. The minimum Gasteiger partial charge on any atom is -0.468 e. The summed E-state index contributed by atoms with van der Waals surface area (Å²) in [7, 11) is 0. The second kappa shape index (κ2) is 8.85. The fraction of sp³-hybridized carbons (Fsp3) is 0.263. The van der Waals surface area contributed by atoms with Crippen LogP contribution in [0.5, 0.6) is 5.88 Å². The fourth-order valence-electron chi connectivity index (χ4n) is 2.48. The Morgan fingerprint density at radius 1 is 1.12 bits per heavy atom. The van der Waals surface area contributed by atoms with Crippen molar-refractivity contribution < 1.29 is 40.4 Å². The third kappa shape index (κ3) is 5.95. The van der Waals surface area contributed by atoms with Gasteiger partial charge >= 0.3 is 12.4 Å². The maximum absolute atomic E-state index is 12.6. The summed E-state index contributed by atoms with van der Waals surface area (Å²) in [5.74, 6) is -3.09. The molecule has 0 fully saturated rings. The molecule has 0 spiro atoms. The van der Waals surface area contributed by atoms with Gasteiger partial charge in [-0.05, 0) is 18.6 Å². The van der Waals surface area contributed by atoms with E-state index >= 15 is 0 Å². The standard InChI is InChI=1S/C19H14F6N4O3/c1-10-2-4-11(5-3-10)13-6-12(7-27-16(13)31-9-18(20,21)22)15(30)26-8-14-28-17(29-32-14)19(23,24)25/h2-7H,8-9H2,1H3,(H,26,30). The zero-order valence-electron chi connectivity index (χ0n) is 16.2. The van der Waals surface area contributed by atoms with Gasteiger partial charge in [-0.2, -0.15) is 31.3 Å². The monoisotopic (exact) mass is 460 g/mol. The highest BCUT2D eigenvalue weighted by molar-refractivity contribution is 5.95. The van der Waals surface area contributed by atoms with E-state index in [0.29, 0.717) is 5.56 Å². The summed E-state index contributed by atoms with van der Waals surface area (Å²) < 4.78 is 84.4. The molecule has 0 aliphatic rings. The van der Waals surface area contributed by atoms with Gasteiger partial charge in [0.05, 0.1) is 12.1 Å². The Kier molecular flexibility index (Phi) is 6.37. The first kappa shape index (κ1) is 23.0. The third-order valence-corrected chi connectivity index (χ3v) is 3.97. The molecule has 1 amide bonds. The Morgan fingerprint density at radius 3 is 2.41 bits per heavy atom. The van der Waals surface area contributed by atoms with Crippen molar-refractivity contribution in [1.29, 1.82) is 0 Å². The van der Waals surface area contributed by atoms with Gasteiger partial charge < -0.3 is 14.6 Å². The zero-order chi connectivity index (χ0) is 23.5. The van der Waals surface area contributed by atoms with E-state index in [1.54, 1.807) is 24.3 Å². The number of ether oxygens (including phenoxy) is 1. The van der Waals surface area contributed by atoms with Crippen molar-refractivity contribution in [3.63, 3.8) is 0 Å². The molecule has 0 saturated heterocycles. The lowest BCUT2D eigenvalue weighted by Crippen LogP contribution is -2.24. The molecule has 0 radical (unpaired) electrons. The Labute approximate surface area is 176 Å². The summed E-state index contributed by atoms with van der Waals surface area (Å²) in [5, 5.41) is 5.05. The smallest absolute Gasteiger partial charge is 0.455 e. The van der Waals surface area contributed by atoms with E-state index < -0.39 is 43.1 Å². The summed E-state index contributed by atoms with van der Waals surface area (Å²) in [6, 6.07) is 7.91. The van der Waals surface area contributed by atoms with Gasteiger partial charge in [0, 0.05) is 11.8 Å². The molecule has 13 heteroatoms. The number of nitrogens with zero attached hydrogens (tertiary/aromatic N) is 3. The van der Waals surface area contributed by atoms with Gasteiger partial charge in [0.15, 0.2) is 6.61 Å². The van der Waals surface area contributed by atoms with Gasteiger partial charge in [-0.1, -0.05) is 35.0 Å². The number of hydrogen-bond donors (Lipinski definition) is 1. The summed E-state index contributed by atoms with van der Waals surface area (Å²) in [6.45, 7) is -0.272. The first-order chi connectivity index (χ1) is 14.9. The normalized spacial score (nSPS) is 12.0. The van der Waals surface area contributed by atoms with E-state index in [9.17, 15) is 31.1 Å². The van der Waals surface area contributed by atoms with Crippen LogP contribution in [0.25, 0.3) is 11.1 Å². The van der Waals surface area contributed by atoms with Crippen LogP contribution in [-0.4, -0.2) is 33.8 Å². The van der Waals surface area contributed by atoms with Crippen molar-refractivity contribution in [3.05, 3.63) is 59.4 Å². The number of carbonyl (C=O) groups excluding carboxylic acids is 1. The molecular weight excluding hydrogens is 446 g/mol. The van der Waals surface area contributed by atoms with Gasteiger partial charge in [0.25, 0.3) is 11.7 Å². The maximum atomic E-state index is 12.6. The number of rotatable bonds is 6. The molecule has 170 valence electrons. The van der Waals surface area contributed by atoms with Crippen LogP contribution in [-0.2, 0) is 12.7 Å². The van der Waals surface area contributed by atoms with E-state index in [1.807, 2.05) is 6.92 Å². The summed E-state index contributed by atoms with van der Waals surface area (Å²) in [5.41, 5.74) is 1.39. The molecular formula is C19H14F6N4O3. The van der Waals surface area contributed by atoms with Gasteiger partial charge in [-0.25, -0.2) is 4.98 Å². The molecule has 0 bridgehead atoms. The van der Waals surface area contributed by atoms with Crippen LogP contribution in [0.2, 0.25) is 0 Å². The summed E-state index contributed by atoms with van der Waals surface area (Å²) in [4.78, 5) is 19.3. The Hall–Kier alpha value is -3.64. The number of pyridine rings is 1. The minimum absolute atomic E-state index is 0.0736.